The number of carbonyl (C=O) groups is 1. The summed E-state index contributed by atoms with van der Waals surface area (Å²) in [7, 11) is 3.69. The number of tetrazole rings is 1. The molecule has 0 amide bonds. The molecule has 0 fully saturated rings. The lowest BCUT2D eigenvalue weighted by Crippen LogP contribution is -2.18. The van der Waals surface area contributed by atoms with Crippen LogP contribution in [0.4, 0.5) is 0 Å². The Morgan fingerprint density at radius 3 is 2.62 bits per heavy atom. The maximum Gasteiger partial charge on any atom is 0.341 e. The van der Waals surface area contributed by atoms with E-state index in [-0.39, 0.29) is 6.61 Å². The van der Waals surface area contributed by atoms with Gasteiger partial charge in [-0.3, -0.25) is 4.90 Å². The van der Waals surface area contributed by atoms with E-state index in [0.717, 1.165) is 12.1 Å². The average molecular weight is 291 g/mol. The van der Waals surface area contributed by atoms with E-state index in [0.29, 0.717) is 18.1 Å². The number of benzene rings is 1. The van der Waals surface area contributed by atoms with Gasteiger partial charge in [-0.05, 0) is 30.0 Å². The highest BCUT2D eigenvalue weighted by molar-refractivity contribution is 5.68. The molecule has 0 atom stereocenters. The van der Waals surface area contributed by atoms with Crippen LogP contribution in [0.25, 0.3) is 0 Å². The molecule has 8 nitrogen and oxygen atoms in total. The van der Waals surface area contributed by atoms with Crippen molar-refractivity contribution < 1.29 is 14.6 Å². The van der Waals surface area contributed by atoms with Crippen LogP contribution >= 0.6 is 0 Å². The molecule has 1 aromatic heterocycles. The molecule has 0 bridgehead atoms. The molecule has 112 valence electrons. The number of hydrogen-bond acceptors (Lipinski definition) is 6. The lowest BCUT2D eigenvalue weighted by Gasteiger charge is -2.14. The van der Waals surface area contributed by atoms with E-state index in [1.807, 2.05) is 19.2 Å². The van der Waals surface area contributed by atoms with Crippen molar-refractivity contribution in [3.8, 4) is 5.75 Å². The molecular formula is C13H17N5O3. The minimum absolute atomic E-state index is 0.336. The van der Waals surface area contributed by atoms with E-state index in [4.69, 9.17) is 9.84 Å². The van der Waals surface area contributed by atoms with Crippen molar-refractivity contribution >= 4 is 5.97 Å². The van der Waals surface area contributed by atoms with Gasteiger partial charge >= 0.3 is 5.97 Å². The van der Waals surface area contributed by atoms with E-state index < -0.39 is 5.97 Å². The minimum atomic E-state index is -0.990. The zero-order valence-corrected chi connectivity index (χ0v) is 11.9. The highest BCUT2D eigenvalue weighted by Gasteiger charge is 2.06. The number of aromatic nitrogens is 4. The number of aryl methyl sites for hydroxylation is 1. The quantitative estimate of drug-likeness (QED) is 0.784. The fourth-order valence-corrected chi connectivity index (χ4v) is 1.83. The normalized spacial score (nSPS) is 10.8. The van der Waals surface area contributed by atoms with Crippen molar-refractivity contribution in [2.45, 2.75) is 13.1 Å². The molecule has 0 saturated carbocycles. The molecule has 1 N–H and O–H groups in total. The van der Waals surface area contributed by atoms with Crippen LogP contribution in [0.5, 0.6) is 5.75 Å². The third kappa shape index (κ3) is 4.84. The topological polar surface area (TPSA) is 93.4 Å². The fraction of sp³-hybridized carbons (Fsp3) is 0.385. The van der Waals surface area contributed by atoms with Gasteiger partial charge < -0.3 is 9.84 Å². The van der Waals surface area contributed by atoms with Crippen LogP contribution in [0, 0.1) is 0 Å². The van der Waals surface area contributed by atoms with E-state index >= 15 is 0 Å². The number of rotatable bonds is 7. The first kappa shape index (κ1) is 14.9. The van der Waals surface area contributed by atoms with Gasteiger partial charge in [-0.2, -0.15) is 4.80 Å². The molecule has 8 heteroatoms. The molecule has 0 unspecified atom stereocenters. The van der Waals surface area contributed by atoms with Gasteiger partial charge in [0.25, 0.3) is 0 Å². The maximum absolute atomic E-state index is 10.4. The van der Waals surface area contributed by atoms with Crippen LogP contribution in [0.1, 0.15) is 11.4 Å². The van der Waals surface area contributed by atoms with E-state index in [2.05, 4.69) is 20.3 Å². The Bertz CT molecular complexity index is 596. The third-order valence-electron chi connectivity index (χ3n) is 2.70. The van der Waals surface area contributed by atoms with Crippen molar-refractivity contribution in [3.63, 3.8) is 0 Å². The predicted molar refractivity (Wildman–Crippen MR) is 73.5 cm³/mol. The van der Waals surface area contributed by atoms with Gasteiger partial charge in [-0.25, -0.2) is 4.79 Å². The van der Waals surface area contributed by atoms with Gasteiger partial charge in [-0.1, -0.05) is 12.1 Å². The summed E-state index contributed by atoms with van der Waals surface area (Å²) in [6.45, 7) is 0.986. The van der Waals surface area contributed by atoms with Crippen LogP contribution in [-0.4, -0.2) is 49.8 Å². The van der Waals surface area contributed by atoms with Crippen LogP contribution in [-0.2, 0) is 24.9 Å². The van der Waals surface area contributed by atoms with Crippen LogP contribution in [0.15, 0.2) is 24.3 Å². The van der Waals surface area contributed by atoms with E-state index in [9.17, 15) is 4.79 Å². The summed E-state index contributed by atoms with van der Waals surface area (Å²) >= 11 is 0. The van der Waals surface area contributed by atoms with Crippen LogP contribution in [0.2, 0.25) is 0 Å². The van der Waals surface area contributed by atoms with Crippen molar-refractivity contribution in [1.29, 1.82) is 0 Å². The molecule has 2 rings (SSSR count). The smallest absolute Gasteiger partial charge is 0.341 e. The van der Waals surface area contributed by atoms with Crippen LogP contribution in [0.3, 0.4) is 0 Å². The SMILES string of the molecule is CN(Cc1ccc(OCC(=O)O)cc1)Cc1nnn(C)n1. The van der Waals surface area contributed by atoms with Crippen molar-refractivity contribution in [3.05, 3.63) is 35.7 Å². The fourth-order valence-electron chi connectivity index (χ4n) is 1.83. The molecule has 0 aliphatic carbocycles. The lowest BCUT2D eigenvalue weighted by atomic mass is 10.2. The Morgan fingerprint density at radius 2 is 2.05 bits per heavy atom. The summed E-state index contributed by atoms with van der Waals surface area (Å²) in [6, 6.07) is 7.31. The number of carboxylic acids is 1. The second kappa shape index (κ2) is 6.80. The van der Waals surface area contributed by atoms with E-state index in [1.165, 1.54) is 4.80 Å². The van der Waals surface area contributed by atoms with Crippen molar-refractivity contribution in [2.24, 2.45) is 7.05 Å². The number of aliphatic carboxylic acids is 1. The van der Waals surface area contributed by atoms with Gasteiger partial charge in [0.15, 0.2) is 12.4 Å². The lowest BCUT2D eigenvalue weighted by molar-refractivity contribution is -0.139. The Kier molecular flexibility index (Phi) is 4.83. The summed E-state index contributed by atoms with van der Waals surface area (Å²) in [4.78, 5) is 13.9. The summed E-state index contributed by atoms with van der Waals surface area (Å²) < 4.78 is 5.08. The standard InChI is InChI=1S/C13H17N5O3/c1-17(8-12-14-16-18(2)15-12)7-10-3-5-11(6-4-10)21-9-13(19)20/h3-6H,7-9H2,1-2H3,(H,19,20). The molecule has 2 aromatic rings. The second-order valence-corrected chi connectivity index (χ2v) is 4.69. The Hall–Kier alpha value is -2.48. The zero-order chi connectivity index (χ0) is 15.2. The highest BCUT2D eigenvalue weighted by atomic mass is 16.5. The largest absolute Gasteiger partial charge is 0.482 e. The maximum atomic E-state index is 10.4. The highest BCUT2D eigenvalue weighted by Crippen LogP contribution is 2.13. The number of carboxylic acid groups (broad SMARTS) is 1. The zero-order valence-electron chi connectivity index (χ0n) is 11.9. The monoisotopic (exact) mass is 291 g/mol. The Balaban J connectivity index is 1.86. The van der Waals surface area contributed by atoms with Gasteiger partial charge in [0.05, 0.1) is 13.6 Å². The number of hydrogen-bond donors (Lipinski definition) is 1. The van der Waals surface area contributed by atoms with E-state index in [1.54, 1.807) is 19.2 Å². The summed E-state index contributed by atoms with van der Waals surface area (Å²) in [5.74, 6) is 0.219. The third-order valence-corrected chi connectivity index (χ3v) is 2.70. The minimum Gasteiger partial charge on any atom is -0.482 e. The molecule has 21 heavy (non-hydrogen) atoms. The van der Waals surface area contributed by atoms with Gasteiger partial charge in [0.1, 0.15) is 5.75 Å². The summed E-state index contributed by atoms with van der Waals surface area (Å²) in [6.07, 6.45) is 0. The number of ether oxygens (including phenoxy) is 1. The second-order valence-electron chi connectivity index (χ2n) is 4.69. The predicted octanol–water partition coefficient (Wildman–Crippen LogP) is 0.305. The van der Waals surface area contributed by atoms with Crippen molar-refractivity contribution in [2.75, 3.05) is 13.7 Å². The first-order valence-electron chi connectivity index (χ1n) is 6.38. The Morgan fingerprint density at radius 1 is 1.33 bits per heavy atom. The molecule has 1 heterocycles. The number of nitrogens with zero attached hydrogens (tertiary/aromatic N) is 5. The first-order valence-corrected chi connectivity index (χ1v) is 6.38. The van der Waals surface area contributed by atoms with Gasteiger partial charge in [-0.15, -0.1) is 10.2 Å². The summed E-state index contributed by atoms with van der Waals surface area (Å²) in [5.41, 5.74) is 1.09. The average Bonchev–Trinajstić information content (AvgIpc) is 2.83. The molecule has 0 radical (unpaired) electrons. The van der Waals surface area contributed by atoms with Gasteiger partial charge in [0.2, 0.25) is 0 Å². The molecule has 0 spiro atoms. The molecular weight excluding hydrogens is 274 g/mol. The molecule has 1 aromatic carbocycles. The molecule has 0 aliphatic rings. The van der Waals surface area contributed by atoms with Gasteiger partial charge in [0, 0.05) is 6.54 Å². The first-order chi connectivity index (χ1) is 10.0. The molecule has 0 saturated heterocycles. The molecule has 0 aliphatic heterocycles. The summed E-state index contributed by atoms with van der Waals surface area (Å²) in [5, 5.41) is 20.4. The Labute approximate surface area is 121 Å². The van der Waals surface area contributed by atoms with Crippen molar-refractivity contribution in [1.82, 2.24) is 25.1 Å². The van der Waals surface area contributed by atoms with Crippen LogP contribution < -0.4 is 4.74 Å².